The average molecular weight is 258 g/mol. The van der Waals surface area contributed by atoms with Gasteiger partial charge in [-0.2, -0.15) is 0 Å². The van der Waals surface area contributed by atoms with Crippen LogP contribution in [-0.4, -0.2) is 28.3 Å². The van der Waals surface area contributed by atoms with E-state index in [-0.39, 0.29) is 18.3 Å². The lowest BCUT2D eigenvalue weighted by atomic mass is 9.78. The van der Waals surface area contributed by atoms with Gasteiger partial charge in [0.25, 0.3) is 0 Å². The van der Waals surface area contributed by atoms with Crippen LogP contribution in [0.15, 0.2) is 24.7 Å². The van der Waals surface area contributed by atoms with E-state index in [1.165, 1.54) is 0 Å². The van der Waals surface area contributed by atoms with Gasteiger partial charge in [0.1, 0.15) is 0 Å². The zero-order valence-electron chi connectivity index (χ0n) is 11.9. The highest BCUT2D eigenvalue weighted by molar-refractivity contribution is 6.65. The molecule has 0 aromatic carbocycles. The topological polar surface area (TPSA) is 47.1 Å². The zero-order chi connectivity index (χ0) is 13.7. The van der Waals surface area contributed by atoms with Gasteiger partial charge in [0.15, 0.2) is 0 Å². The molecule has 1 fully saturated rings. The number of nitrogens with one attached hydrogen (secondary N) is 1. The Labute approximate surface area is 113 Å². The predicted octanol–water partition coefficient (Wildman–Crippen LogP) is 2.25. The van der Waals surface area contributed by atoms with Crippen LogP contribution in [0.1, 0.15) is 34.1 Å². The lowest BCUT2D eigenvalue weighted by molar-refractivity contribution is -0.0118. The maximum Gasteiger partial charge on any atom is 0.497 e. The third kappa shape index (κ3) is 1.80. The van der Waals surface area contributed by atoms with E-state index in [1.54, 1.807) is 0 Å². The number of aromatic nitrogens is 2. The van der Waals surface area contributed by atoms with E-state index < -0.39 is 0 Å². The van der Waals surface area contributed by atoms with Gasteiger partial charge in [-0.1, -0.05) is 6.92 Å². The van der Waals surface area contributed by atoms with Crippen molar-refractivity contribution < 1.29 is 9.31 Å². The van der Waals surface area contributed by atoms with Crippen molar-refractivity contribution in [1.82, 2.24) is 9.97 Å². The monoisotopic (exact) mass is 258 g/mol. The van der Waals surface area contributed by atoms with E-state index in [0.717, 1.165) is 22.8 Å². The summed E-state index contributed by atoms with van der Waals surface area (Å²) in [5.74, 6) is 0. The molecule has 19 heavy (non-hydrogen) atoms. The van der Waals surface area contributed by atoms with Gasteiger partial charge in [0.05, 0.1) is 22.9 Å². The molecule has 0 amide bonds. The molecule has 3 heterocycles. The van der Waals surface area contributed by atoms with Crippen molar-refractivity contribution in [2.45, 2.75) is 45.3 Å². The van der Waals surface area contributed by atoms with Crippen LogP contribution in [0.2, 0.25) is 0 Å². The number of hydrogen-bond acceptors (Lipinski definition) is 3. The van der Waals surface area contributed by atoms with Crippen LogP contribution in [0.3, 0.4) is 0 Å². The largest absolute Gasteiger partial charge is 0.497 e. The summed E-state index contributed by atoms with van der Waals surface area (Å²) in [5, 5.41) is 1.11. The van der Waals surface area contributed by atoms with Gasteiger partial charge < -0.3 is 14.3 Å². The molecule has 1 unspecified atom stereocenters. The Bertz CT molecular complexity index is 610. The molecule has 3 rings (SSSR count). The Balaban J connectivity index is 2.03. The van der Waals surface area contributed by atoms with Gasteiger partial charge in [-0.25, -0.2) is 0 Å². The molecular weight excluding hydrogens is 239 g/mol. The first-order valence-electron chi connectivity index (χ1n) is 6.73. The van der Waals surface area contributed by atoms with E-state index in [2.05, 4.69) is 37.7 Å². The second-order valence-electron chi connectivity index (χ2n) is 5.83. The number of pyridine rings is 1. The summed E-state index contributed by atoms with van der Waals surface area (Å²) in [5.41, 5.74) is 1.40. The Morgan fingerprint density at radius 2 is 2.05 bits per heavy atom. The van der Waals surface area contributed by atoms with Gasteiger partial charge in [-0.3, -0.25) is 4.98 Å². The minimum absolute atomic E-state index is 0.282. The highest BCUT2D eigenvalue weighted by Gasteiger charge is 2.53. The molecule has 0 bridgehead atoms. The number of fused-ring (bicyclic) bond motifs is 1. The van der Waals surface area contributed by atoms with Crippen molar-refractivity contribution >= 4 is 23.5 Å². The summed E-state index contributed by atoms with van der Waals surface area (Å²) in [6.07, 6.45) is 6.47. The lowest BCUT2D eigenvalue weighted by Crippen LogP contribution is -2.44. The number of aromatic amines is 1. The van der Waals surface area contributed by atoms with Crippen LogP contribution in [0.5, 0.6) is 0 Å². The zero-order valence-corrected chi connectivity index (χ0v) is 11.9. The van der Waals surface area contributed by atoms with Gasteiger partial charge in [0, 0.05) is 23.2 Å². The minimum atomic E-state index is -0.355. The Kier molecular flexibility index (Phi) is 2.73. The van der Waals surface area contributed by atoms with E-state index in [9.17, 15) is 0 Å². The normalized spacial score (nSPS) is 26.2. The highest BCUT2D eigenvalue weighted by Crippen LogP contribution is 2.39. The first-order valence-corrected chi connectivity index (χ1v) is 6.73. The summed E-state index contributed by atoms with van der Waals surface area (Å²) in [4.78, 5) is 7.42. The molecule has 1 atom stereocenters. The fourth-order valence-corrected chi connectivity index (χ4v) is 2.62. The number of hydrogen-bond donors (Lipinski definition) is 1. The summed E-state index contributed by atoms with van der Waals surface area (Å²) >= 11 is 0. The molecule has 1 aliphatic heterocycles. The molecular formula is C14H19BN2O2. The predicted molar refractivity (Wildman–Crippen MR) is 76.4 cm³/mol. The number of rotatable bonds is 2. The summed E-state index contributed by atoms with van der Waals surface area (Å²) < 4.78 is 12.3. The first kappa shape index (κ1) is 12.7. The van der Waals surface area contributed by atoms with E-state index in [4.69, 9.17) is 9.31 Å². The van der Waals surface area contributed by atoms with Gasteiger partial charge in [0.2, 0.25) is 0 Å². The van der Waals surface area contributed by atoms with Crippen molar-refractivity contribution in [1.29, 1.82) is 0 Å². The molecule has 4 nitrogen and oxygen atoms in total. The van der Waals surface area contributed by atoms with Gasteiger partial charge in [-0.15, -0.1) is 0 Å². The maximum absolute atomic E-state index is 6.20. The maximum atomic E-state index is 6.20. The second kappa shape index (κ2) is 4.08. The van der Waals surface area contributed by atoms with Crippen LogP contribution in [0, 0.1) is 0 Å². The van der Waals surface area contributed by atoms with Crippen LogP contribution in [0.25, 0.3) is 10.9 Å². The minimum Gasteiger partial charge on any atom is -0.399 e. The Hall–Kier alpha value is -1.33. The second-order valence-corrected chi connectivity index (χ2v) is 5.83. The summed E-state index contributed by atoms with van der Waals surface area (Å²) in [6.45, 7) is 8.41. The quantitative estimate of drug-likeness (QED) is 0.840. The van der Waals surface area contributed by atoms with Crippen molar-refractivity contribution in [3.05, 3.63) is 24.7 Å². The fraction of sp³-hybridized carbons (Fsp3) is 0.500. The van der Waals surface area contributed by atoms with E-state index in [1.807, 2.05) is 24.7 Å². The Morgan fingerprint density at radius 3 is 2.74 bits per heavy atom. The summed E-state index contributed by atoms with van der Waals surface area (Å²) in [7, 11) is -0.355. The van der Waals surface area contributed by atoms with Crippen molar-refractivity contribution in [3.63, 3.8) is 0 Å². The Morgan fingerprint density at radius 1 is 1.26 bits per heavy atom. The van der Waals surface area contributed by atoms with Gasteiger partial charge in [-0.05, 0) is 33.3 Å². The fourth-order valence-electron chi connectivity index (χ4n) is 2.62. The third-order valence-corrected chi connectivity index (χ3v) is 4.48. The lowest BCUT2D eigenvalue weighted by Gasteiger charge is -2.35. The molecule has 0 aliphatic carbocycles. The molecule has 2 aromatic heterocycles. The van der Waals surface area contributed by atoms with Crippen LogP contribution in [-0.2, 0) is 9.31 Å². The van der Waals surface area contributed by atoms with E-state index >= 15 is 0 Å². The van der Waals surface area contributed by atoms with Crippen molar-refractivity contribution in [3.8, 4) is 0 Å². The highest BCUT2D eigenvalue weighted by atomic mass is 16.7. The van der Waals surface area contributed by atoms with Crippen LogP contribution < -0.4 is 5.46 Å². The molecule has 1 N–H and O–H groups in total. The smallest absolute Gasteiger partial charge is 0.399 e. The van der Waals surface area contributed by atoms with Crippen LogP contribution in [0.4, 0.5) is 0 Å². The molecule has 5 heteroatoms. The molecule has 2 aromatic rings. The van der Waals surface area contributed by atoms with Crippen LogP contribution >= 0.6 is 0 Å². The third-order valence-electron chi connectivity index (χ3n) is 4.48. The van der Waals surface area contributed by atoms with Crippen molar-refractivity contribution in [2.24, 2.45) is 0 Å². The molecule has 0 spiro atoms. The first-order chi connectivity index (χ1) is 8.97. The standard InChI is InChI=1S/C14H19BN2O2/c1-5-14(4)13(2,3)18-15(19-14)11-8-16-9-12-10(11)6-7-17-12/h6-9,17H,5H2,1-4H3. The number of H-pyrrole nitrogens is 1. The van der Waals surface area contributed by atoms with E-state index in [0.29, 0.717) is 0 Å². The average Bonchev–Trinajstić information content (AvgIpc) is 2.92. The summed E-state index contributed by atoms with van der Waals surface area (Å²) in [6, 6.07) is 2.04. The molecule has 1 aliphatic rings. The molecule has 0 radical (unpaired) electrons. The molecule has 0 saturated carbocycles. The number of nitrogens with zero attached hydrogens (tertiary/aromatic N) is 1. The molecule has 1 saturated heterocycles. The van der Waals surface area contributed by atoms with Gasteiger partial charge >= 0.3 is 7.12 Å². The molecule has 100 valence electrons. The van der Waals surface area contributed by atoms with Crippen molar-refractivity contribution in [2.75, 3.05) is 0 Å². The SMILES string of the molecule is CCC1(C)OB(c2cncc3[nH]ccc23)OC1(C)C.